The van der Waals surface area contributed by atoms with E-state index in [0.717, 1.165) is 25.6 Å². The average Bonchev–Trinajstić information content (AvgIpc) is 3.53. The number of halogens is 4. The average molecular weight is 564 g/mol. The first-order chi connectivity index (χ1) is 18.0. The lowest BCUT2D eigenvalue weighted by Crippen LogP contribution is -2.33. The van der Waals surface area contributed by atoms with E-state index in [2.05, 4.69) is 22.0 Å². The lowest BCUT2D eigenvalue weighted by Gasteiger charge is -2.21. The molecule has 12 heteroatoms. The molecule has 3 aromatic rings. The van der Waals surface area contributed by atoms with Crippen molar-refractivity contribution in [1.29, 1.82) is 0 Å². The fourth-order valence-electron chi connectivity index (χ4n) is 4.93. The zero-order valence-corrected chi connectivity index (χ0v) is 22.3. The van der Waals surface area contributed by atoms with Crippen molar-refractivity contribution in [3.05, 3.63) is 69.2 Å². The largest absolute Gasteiger partial charge is 0.416 e. The van der Waals surface area contributed by atoms with Gasteiger partial charge in [0.1, 0.15) is 15.7 Å². The highest BCUT2D eigenvalue weighted by atomic mass is 35.5. The van der Waals surface area contributed by atoms with Crippen LogP contribution in [0.1, 0.15) is 23.1 Å². The van der Waals surface area contributed by atoms with Gasteiger partial charge < -0.3 is 9.80 Å². The number of nitrogens with zero attached hydrogens (tertiary/aromatic N) is 5. The number of aromatic nitrogens is 2. The molecular formula is C26H25ClF3N5O2S. The molecule has 2 atom stereocenters. The monoisotopic (exact) mass is 563 g/mol. The van der Waals surface area contributed by atoms with Gasteiger partial charge in [0.2, 0.25) is 5.17 Å². The standard InChI is InChI=1S/C26H25ClF3N5O2S/c1-33-8-7-17(13-33)14-34(2)25-32-24(36)23(38(25)37)10-16-3-6-22-19(9-16)12-31-35(22)15-18-4-5-20(27)11-21(18)26(28,29)30/h3-6,9-12,17H,7-8,13-15H2,1-2H3. The summed E-state index contributed by atoms with van der Waals surface area (Å²) in [5.41, 5.74) is 0.473. The van der Waals surface area contributed by atoms with Crippen LogP contribution in [-0.2, 0) is 28.3 Å². The summed E-state index contributed by atoms with van der Waals surface area (Å²) in [6, 6.07) is 8.84. The van der Waals surface area contributed by atoms with E-state index in [1.165, 1.54) is 16.8 Å². The number of benzene rings is 2. The Morgan fingerprint density at radius 2 is 2.03 bits per heavy atom. The molecule has 2 unspecified atom stereocenters. The highest BCUT2D eigenvalue weighted by molar-refractivity contribution is 8.05. The normalized spacial score (nSPS) is 21.6. The number of carbonyl (C=O) groups is 1. The van der Waals surface area contributed by atoms with Crippen LogP contribution >= 0.6 is 11.6 Å². The highest BCUT2D eigenvalue weighted by Gasteiger charge is 2.34. The Kier molecular flexibility index (Phi) is 7.19. The first-order valence-corrected chi connectivity index (χ1v) is 13.5. The molecule has 1 amide bonds. The lowest BCUT2D eigenvalue weighted by molar-refractivity contribution is -0.138. The van der Waals surface area contributed by atoms with Gasteiger partial charge in [-0.2, -0.15) is 23.3 Å². The third-order valence-corrected chi connectivity index (χ3v) is 8.44. The minimum atomic E-state index is -4.55. The van der Waals surface area contributed by atoms with E-state index in [9.17, 15) is 22.2 Å². The zero-order valence-electron chi connectivity index (χ0n) is 20.7. The molecule has 7 nitrogen and oxygen atoms in total. The molecule has 38 heavy (non-hydrogen) atoms. The minimum Gasteiger partial charge on any atom is -0.351 e. The summed E-state index contributed by atoms with van der Waals surface area (Å²) < 4.78 is 55.1. The number of alkyl halides is 3. The third-order valence-electron chi connectivity index (χ3n) is 6.78. The van der Waals surface area contributed by atoms with Crippen molar-refractivity contribution in [3.8, 4) is 0 Å². The highest BCUT2D eigenvalue weighted by Crippen LogP contribution is 2.34. The number of fused-ring (bicyclic) bond motifs is 1. The number of likely N-dealkylation sites (tertiary alicyclic amines) is 1. The van der Waals surface area contributed by atoms with E-state index in [4.69, 9.17) is 11.6 Å². The molecule has 0 aliphatic carbocycles. The van der Waals surface area contributed by atoms with E-state index in [-0.39, 0.29) is 27.2 Å². The number of rotatable bonds is 5. The van der Waals surface area contributed by atoms with Crippen LogP contribution < -0.4 is 0 Å². The summed E-state index contributed by atoms with van der Waals surface area (Å²) >= 11 is 5.79. The van der Waals surface area contributed by atoms with Crippen LogP contribution in [0.4, 0.5) is 13.2 Å². The molecule has 0 saturated carbocycles. The van der Waals surface area contributed by atoms with Gasteiger partial charge in [-0.05, 0) is 67.4 Å². The Hall–Kier alpha value is -3.02. The van der Waals surface area contributed by atoms with E-state index in [1.54, 1.807) is 42.4 Å². The molecule has 0 bridgehead atoms. The zero-order chi connectivity index (χ0) is 27.2. The summed E-state index contributed by atoms with van der Waals surface area (Å²) in [7, 11) is 2.16. The van der Waals surface area contributed by atoms with Gasteiger partial charge in [-0.15, -0.1) is 0 Å². The molecule has 1 fully saturated rings. The summed E-state index contributed by atoms with van der Waals surface area (Å²) in [5.74, 6) is -0.112. The van der Waals surface area contributed by atoms with Gasteiger partial charge in [-0.25, -0.2) is 4.21 Å². The van der Waals surface area contributed by atoms with Crippen LogP contribution in [0.2, 0.25) is 5.02 Å². The number of aliphatic imine (C=N–C) groups is 1. The molecule has 3 heterocycles. The Labute approximate surface area is 225 Å². The summed E-state index contributed by atoms with van der Waals surface area (Å²) in [6.07, 6.45) is -0.415. The van der Waals surface area contributed by atoms with Crippen molar-refractivity contribution in [1.82, 2.24) is 19.6 Å². The number of carbonyl (C=O) groups excluding carboxylic acids is 1. The van der Waals surface area contributed by atoms with Gasteiger partial charge >= 0.3 is 6.18 Å². The summed E-state index contributed by atoms with van der Waals surface area (Å²) in [4.78, 5) is 20.8. The second-order valence-electron chi connectivity index (χ2n) is 9.69. The summed E-state index contributed by atoms with van der Waals surface area (Å²) in [5, 5.41) is 5.20. The molecule has 0 N–H and O–H groups in total. The fraction of sp³-hybridized carbons (Fsp3) is 0.346. The SMILES string of the molecule is CN1CCC(CN(C)C2=NC(=O)C(=Cc3ccc4c(cnn4Cc4ccc(Cl)cc4C(F)(F)F)c3)S2=O)C1. The van der Waals surface area contributed by atoms with E-state index >= 15 is 0 Å². The summed E-state index contributed by atoms with van der Waals surface area (Å²) in [6.45, 7) is 2.54. The molecule has 2 aliphatic rings. The Morgan fingerprint density at radius 1 is 1.24 bits per heavy atom. The van der Waals surface area contributed by atoms with Gasteiger partial charge in [0.25, 0.3) is 5.91 Å². The van der Waals surface area contributed by atoms with Crippen LogP contribution in [0.5, 0.6) is 0 Å². The van der Waals surface area contributed by atoms with Gasteiger partial charge in [0, 0.05) is 30.5 Å². The molecule has 5 rings (SSSR count). The molecule has 0 radical (unpaired) electrons. The predicted molar refractivity (Wildman–Crippen MR) is 142 cm³/mol. The first kappa shape index (κ1) is 26.6. The molecule has 2 aromatic carbocycles. The van der Waals surface area contributed by atoms with Crippen molar-refractivity contribution >= 4 is 50.5 Å². The predicted octanol–water partition coefficient (Wildman–Crippen LogP) is 4.63. The Balaban J connectivity index is 1.35. The van der Waals surface area contributed by atoms with Crippen LogP contribution in [0, 0.1) is 5.92 Å². The molecule has 1 aromatic heterocycles. The minimum absolute atomic E-state index is 0.00685. The Bertz CT molecular complexity index is 1500. The topological polar surface area (TPSA) is 70.8 Å². The van der Waals surface area contributed by atoms with Crippen molar-refractivity contribution in [2.45, 2.75) is 19.1 Å². The van der Waals surface area contributed by atoms with Gasteiger partial charge in [-0.1, -0.05) is 23.7 Å². The number of amides is 1. The quantitative estimate of drug-likeness (QED) is 0.424. The van der Waals surface area contributed by atoms with Crippen molar-refractivity contribution in [2.24, 2.45) is 10.9 Å². The van der Waals surface area contributed by atoms with Crippen LogP contribution in [0.15, 0.2) is 52.5 Å². The second kappa shape index (κ2) is 10.3. The molecule has 200 valence electrons. The molecule has 0 spiro atoms. The lowest BCUT2D eigenvalue weighted by atomic mass is 10.1. The van der Waals surface area contributed by atoms with Crippen LogP contribution in [0.25, 0.3) is 17.0 Å². The van der Waals surface area contributed by atoms with Crippen molar-refractivity contribution < 1.29 is 22.2 Å². The van der Waals surface area contributed by atoms with E-state index < -0.39 is 28.4 Å². The molecule has 1 saturated heterocycles. The Morgan fingerprint density at radius 3 is 2.74 bits per heavy atom. The van der Waals surface area contributed by atoms with Gasteiger partial charge in [0.05, 0.1) is 23.8 Å². The smallest absolute Gasteiger partial charge is 0.351 e. The van der Waals surface area contributed by atoms with Gasteiger partial charge in [-0.3, -0.25) is 9.48 Å². The second-order valence-corrected chi connectivity index (χ2v) is 11.5. The number of amidine groups is 1. The third kappa shape index (κ3) is 5.41. The molecule has 2 aliphatic heterocycles. The van der Waals surface area contributed by atoms with Gasteiger partial charge in [0.15, 0.2) is 0 Å². The maximum absolute atomic E-state index is 13.5. The maximum Gasteiger partial charge on any atom is 0.416 e. The fourth-order valence-corrected chi connectivity index (χ4v) is 6.27. The van der Waals surface area contributed by atoms with Crippen LogP contribution in [-0.4, -0.2) is 68.6 Å². The molecular weight excluding hydrogens is 539 g/mol. The number of hydrogen-bond acceptors (Lipinski definition) is 5. The number of hydrogen-bond donors (Lipinski definition) is 0. The van der Waals surface area contributed by atoms with Crippen molar-refractivity contribution in [3.63, 3.8) is 0 Å². The van der Waals surface area contributed by atoms with Crippen LogP contribution in [0.3, 0.4) is 0 Å². The first-order valence-electron chi connectivity index (χ1n) is 12.0. The van der Waals surface area contributed by atoms with E-state index in [1.807, 2.05) is 0 Å². The maximum atomic E-state index is 13.5. The van der Waals surface area contributed by atoms with Crippen molar-refractivity contribution in [2.75, 3.05) is 33.7 Å². The van der Waals surface area contributed by atoms with E-state index in [0.29, 0.717) is 28.9 Å².